The first-order chi connectivity index (χ1) is 14.6. The van der Waals surface area contributed by atoms with Crippen molar-refractivity contribution in [2.75, 3.05) is 33.2 Å². The Hall–Kier alpha value is -3.00. The minimum atomic E-state index is -0.658. The number of aromatic nitrogens is 3. The van der Waals surface area contributed by atoms with Crippen molar-refractivity contribution in [3.05, 3.63) is 64.4 Å². The van der Waals surface area contributed by atoms with Gasteiger partial charge in [0.1, 0.15) is 12.1 Å². The summed E-state index contributed by atoms with van der Waals surface area (Å²) in [5.74, 6) is 0.537. The van der Waals surface area contributed by atoms with Gasteiger partial charge in [0, 0.05) is 30.9 Å². The summed E-state index contributed by atoms with van der Waals surface area (Å²) in [4.78, 5) is 27.8. The van der Waals surface area contributed by atoms with Crippen LogP contribution in [0.25, 0.3) is 33.7 Å². The highest BCUT2D eigenvalue weighted by molar-refractivity contribution is 5.85. The molecule has 2 aromatic rings. The summed E-state index contributed by atoms with van der Waals surface area (Å²) >= 11 is 0. The molecule has 3 N–H and O–H groups in total. The van der Waals surface area contributed by atoms with E-state index in [1.165, 1.54) is 0 Å². The monoisotopic (exact) mass is 403 g/mol. The molecular formula is C23H25N5O2. The van der Waals surface area contributed by atoms with Gasteiger partial charge in [-0.05, 0) is 43.8 Å². The molecule has 30 heavy (non-hydrogen) atoms. The summed E-state index contributed by atoms with van der Waals surface area (Å²) in [5.41, 5.74) is 4.39. The summed E-state index contributed by atoms with van der Waals surface area (Å²) in [6.07, 6.45) is 0.378. The Bertz CT molecular complexity index is 1210. The molecule has 0 spiro atoms. The molecule has 1 aromatic carbocycles. The molecule has 0 bridgehead atoms. The smallest absolute Gasteiger partial charge is 0.260 e. The van der Waals surface area contributed by atoms with E-state index in [2.05, 4.69) is 31.8 Å². The average molecular weight is 403 g/mol. The van der Waals surface area contributed by atoms with Crippen molar-refractivity contribution < 1.29 is 5.11 Å². The number of nitrogens with one attached hydrogen (secondary N) is 2. The van der Waals surface area contributed by atoms with Gasteiger partial charge in [-0.2, -0.15) is 0 Å². The predicted octanol–water partition coefficient (Wildman–Crippen LogP) is 2.65. The molecule has 3 aliphatic rings. The fraction of sp³-hybridized carbons (Fsp3) is 0.304. The normalized spacial score (nSPS) is 17.4. The highest BCUT2D eigenvalue weighted by Crippen LogP contribution is 2.30. The Kier molecular flexibility index (Phi) is 4.86. The van der Waals surface area contributed by atoms with Gasteiger partial charge in [0.25, 0.3) is 5.56 Å². The molecule has 2 aliphatic heterocycles. The zero-order valence-corrected chi connectivity index (χ0v) is 16.9. The van der Waals surface area contributed by atoms with Gasteiger partial charge in [-0.15, -0.1) is 0 Å². The summed E-state index contributed by atoms with van der Waals surface area (Å²) in [5, 5.41) is 10.9. The summed E-state index contributed by atoms with van der Waals surface area (Å²) in [6.45, 7) is 3.68. The molecule has 1 aromatic heterocycles. The Labute approximate surface area is 174 Å². The third-order valence-electron chi connectivity index (χ3n) is 5.92. The Morgan fingerprint density at radius 3 is 2.80 bits per heavy atom. The van der Waals surface area contributed by atoms with E-state index in [1.807, 2.05) is 48.5 Å². The molecule has 3 heterocycles. The quantitative estimate of drug-likeness (QED) is 0.489. The predicted molar refractivity (Wildman–Crippen MR) is 117 cm³/mol. The van der Waals surface area contributed by atoms with Crippen LogP contribution in [0.1, 0.15) is 18.2 Å². The maximum Gasteiger partial charge on any atom is 0.260 e. The number of aromatic amines is 2. The summed E-state index contributed by atoms with van der Waals surface area (Å²) in [7, 11) is 2.11. The van der Waals surface area contributed by atoms with E-state index in [-0.39, 0.29) is 5.56 Å². The lowest BCUT2D eigenvalue weighted by Crippen LogP contribution is -2.32. The molecule has 1 aliphatic carbocycles. The lowest BCUT2D eigenvalue weighted by molar-refractivity contribution is 0.00496. The fourth-order valence-corrected chi connectivity index (χ4v) is 4.24. The van der Waals surface area contributed by atoms with Crippen LogP contribution in [-0.2, 0) is 0 Å². The lowest BCUT2D eigenvalue weighted by atomic mass is 10.1. The topological polar surface area (TPSA) is 88.2 Å². The zero-order chi connectivity index (χ0) is 20.7. The first-order valence-electron chi connectivity index (χ1n) is 10.3. The van der Waals surface area contributed by atoms with Crippen molar-refractivity contribution >= 4 is 11.0 Å². The van der Waals surface area contributed by atoms with Crippen molar-refractivity contribution in [2.24, 2.45) is 0 Å². The van der Waals surface area contributed by atoms with Gasteiger partial charge in [-0.3, -0.25) is 9.69 Å². The van der Waals surface area contributed by atoms with Gasteiger partial charge in [0.2, 0.25) is 0 Å². The van der Waals surface area contributed by atoms with Crippen LogP contribution in [0.15, 0.2) is 53.3 Å². The number of nitrogens with zero attached hydrogens (tertiary/aromatic N) is 3. The molecule has 0 saturated carbocycles. The van der Waals surface area contributed by atoms with Crippen molar-refractivity contribution in [1.29, 1.82) is 0 Å². The standard InChI is InChI=1S/C23H25N5O2/c1-27-10-5-11-28(13-12-27)23(30)15-8-9-18-19(14-15)25-21(24-18)20-16-6-3-2-4-7-17(16)26-22(20)29/h2-4,6-9,14,23,30H,5,10-13H2,1H3,(H,24,25)(H,26,29). The van der Waals surface area contributed by atoms with E-state index in [4.69, 9.17) is 0 Å². The van der Waals surface area contributed by atoms with Gasteiger partial charge in [0.05, 0.1) is 16.6 Å². The van der Waals surface area contributed by atoms with Crippen LogP contribution < -0.4 is 5.56 Å². The molecule has 1 unspecified atom stereocenters. The van der Waals surface area contributed by atoms with Crippen LogP contribution in [0.2, 0.25) is 0 Å². The average Bonchev–Trinajstić information content (AvgIpc) is 3.09. The molecule has 5 rings (SSSR count). The van der Waals surface area contributed by atoms with Crippen LogP contribution in [0.5, 0.6) is 0 Å². The number of likely N-dealkylation sites (N-methyl/N-ethyl adjacent to an activating group) is 1. The SMILES string of the molecule is CN1CCCN(C(O)c2ccc3nc(-c4c5cccccc-5[nH]c4=O)[nH]c3c2)CC1. The van der Waals surface area contributed by atoms with Gasteiger partial charge in [-0.25, -0.2) is 4.98 Å². The fourth-order valence-electron chi connectivity index (χ4n) is 4.24. The number of aliphatic hydroxyl groups is 1. The second-order valence-corrected chi connectivity index (χ2v) is 8.00. The van der Waals surface area contributed by atoms with Gasteiger partial charge < -0.3 is 20.0 Å². The maximum atomic E-state index is 12.6. The Morgan fingerprint density at radius 2 is 1.90 bits per heavy atom. The van der Waals surface area contributed by atoms with Crippen LogP contribution in [0, 0.1) is 0 Å². The first-order valence-corrected chi connectivity index (χ1v) is 10.3. The summed E-state index contributed by atoms with van der Waals surface area (Å²) in [6, 6.07) is 15.3. The lowest BCUT2D eigenvalue weighted by Gasteiger charge is -2.26. The van der Waals surface area contributed by atoms with Crippen molar-refractivity contribution in [2.45, 2.75) is 12.6 Å². The number of aliphatic hydroxyl groups excluding tert-OH is 1. The largest absolute Gasteiger partial charge is 0.374 e. The van der Waals surface area contributed by atoms with E-state index in [0.717, 1.165) is 60.5 Å². The van der Waals surface area contributed by atoms with Gasteiger partial charge in [-0.1, -0.05) is 30.3 Å². The minimum Gasteiger partial charge on any atom is -0.374 e. The molecule has 0 amide bonds. The highest BCUT2D eigenvalue weighted by Gasteiger charge is 2.22. The number of H-pyrrole nitrogens is 2. The van der Waals surface area contributed by atoms with Crippen molar-refractivity contribution in [3.63, 3.8) is 0 Å². The Morgan fingerprint density at radius 1 is 1.03 bits per heavy atom. The van der Waals surface area contributed by atoms with Crippen molar-refractivity contribution in [1.82, 2.24) is 24.8 Å². The summed E-state index contributed by atoms with van der Waals surface area (Å²) < 4.78 is 0. The first kappa shape index (κ1) is 19.0. The molecular weight excluding hydrogens is 378 g/mol. The molecule has 7 nitrogen and oxygen atoms in total. The molecule has 154 valence electrons. The number of rotatable bonds is 3. The van der Waals surface area contributed by atoms with Crippen molar-refractivity contribution in [3.8, 4) is 22.6 Å². The minimum absolute atomic E-state index is 0.163. The third kappa shape index (κ3) is 3.41. The molecule has 1 atom stereocenters. The van der Waals surface area contributed by atoms with Crippen LogP contribution in [0.3, 0.4) is 0 Å². The van der Waals surface area contributed by atoms with E-state index >= 15 is 0 Å². The van der Waals surface area contributed by atoms with E-state index < -0.39 is 6.23 Å². The number of fused-ring (bicyclic) bond motifs is 2. The molecule has 1 saturated heterocycles. The number of hydrogen-bond donors (Lipinski definition) is 3. The molecule has 1 fully saturated rings. The van der Waals surface area contributed by atoms with E-state index in [0.29, 0.717) is 11.4 Å². The van der Waals surface area contributed by atoms with E-state index in [9.17, 15) is 9.90 Å². The molecule has 7 heteroatoms. The second-order valence-electron chi connectivity index (χ2n) is 8.00. The number of benzene rings is 1. The number of hydrogen-bond acceptors (Lipinski definition) is 5. The van der Waals surface area contributed by atoms with Gasteiger partial charge >= 0.3 is 0 Å². The Balaban J connectivity index is 1.50. The zero-order valence-electron chi connectivity index (χ0n) is 16.9. The second kappa shape index (κ2) is 7.68. The van der Waals surface area contributed by atoms with Gasteiger partial charge in [0.15, 0.2) is 0 Å². The van der Waals surface area contributed by atoms with Crippen LogP contribution >= 0.6 is 0 Å². The molecule has 0 radical (unpaired) electrons. The van der Waals surface area contributed by atoms with E-state index in [1.54, 1.807) is 0 Å². The van der Waals surface area contributed by atoms with Crippen LogP contribution in [0.4, 0.5) is 0 Å². The highest BCUT2D eigenvalue weighted by atomic mass is 16.3. The van der Waals surface area contributed by atoms with Crippen LogP contribution in [-0.4, -0.2) is 63.1 Å². The third-order valence-corrected chi connectivity index (χ3v) is 5.92. The maximum absolute atomic E-state index is 12.6. The number of imidazole rings is 1.